The van der Waals surface area contributed by atoms with Crippen molar-refractivity contribution in [3.63, 3.8) is 0 Å². The second-order valence-electron chi connectivity index (χ2n) is 6.86. The first-order valence-corrected chi connectivity index (χ1v) is 8.79. The summed E-state index contributed by atoms with van der Waals surface area (Å²) < 4.78 is 3.66. The highest BCUT2D eigenvalue weighted by Gasteiger charge is 2.28. The van der Waals surface area contributed by atoms with Crippen molar-refractivity contribution < 1.29 is 0 Å². The molecule has 8 nitrogen and oxygen atoms in total. The quantitative estimate of drug-likeness (QED) is 0.585. The number of aromatic nitrogens is 6. The smallest absolute Gasteiger partial charge is 0.241 e. The summed E-state index contributed by atoms with van der Waals surface area (Å²) in [6, 6.07) is 9.27. The third-order valence-corrected chi connectivity index (χ3v) is 5.22. The van der Waals surface area contributed by atoms with Crippen LogP contribution in [-0.2, 0) is 7.05 Å². The van der Waals surface area contributed by atoms with Crippen LogP contribution < -0.4 is 10.6 Å². The minimum atomic E-state index is 0.444. The Morgan fingerprint density at radius 3 is 2.85 bits per heavy atom. The lowest BCUT2D eigenvalue weighted by Crippen LogP contribution is -2.46. The Bertz CT molecular complexity index is 1090. The van der Waals surface area contributed by atoms with Crippen molar-refractivity contribution in [2.75, 3.05) is 12.4 Å². The van der Waals surface area contributed by atoms with Crippen LogP contribution >= 0.6 is 0 Å². The van der Waals surface area contributed by atoms with Crippen LogP contribution in [0.5, 0.6) is 0 Å². The fourth-order valence-corrected chi connectivity index (χ4v) is 3.56. The number of hydrogen-bond acceptors (Lipinski definition) is 6. The molecule has 0 spiro atoms. The van der Waals surface area contributed by atoms with E-state index in [2.05, 4.69) is 49.2 Å². The summed E-state index contributed by atoms with van der Waals surface area (Å²) in [6.07, 6.45) is 6.06. The van der Waals surface area contributed by atoms with Crippen molar-refractivity contribution in [1.82, 2.24) is 34.9 Å². The Morgan fingerprint density at radius 1 is 1.12 bits per heavy atom. The molecule has 1 fully saturated rings. The number of benzene rings is 1. The second-order valence-corrected chi connectivity index (χ2v) is 6.86. The van der Waals surface area contributed by atoms with Crippen molar-refractivity contribution in [3.8, 4) is 11.1 Å². The summed E-state index contributed by atoms with van der Waals surface area (Å²) in [5, 5.41) is 19.5. The van der Waals surface area contributed by atoms with Crippen LogP contribution in [0.1, 0.15) is 12.8 Å². The van der Waals surface area contributed by atoms with E-state index in [9.17, 15) is 0 Å². The fraction of sp³-hybridized carbons (Fsp3) is 0.333. The maximum atomic E-state index is 4.61. The lowest BCUT2D eigenvalue weighted by atomic mass is 9.87. The highest BCUT2D eigenvalue weighted by atomic mass is 15.4. The van der Waals surface area contributed by atoms with E-state index in [4.69, 9.17) is 0 Å². The van der Waals surface area contributed by atoms with Crippen LogP contribution in [0.4, 0.5) is 5.95 Å². The Labute approximate surface area is 150 Å². The Morgan fingerprint density at radius 2 is 2.00 bits per heavy atom. The van der Waals surface area contributed by atoms with Crippen molar-refractivity contribution in [2.45, 2.75) is 24.9 Å². The molecule has 132 valence electrons. The molecule has 1 saturated carbocycles. The Kier molecular flexibility index (Phi) is 3.39. The zero-order chi connectivity index (χ0) is 17.7. The van der Waals surface area contributed by atoms with E-state index in [1.807, 2.05) is 37.1 Å². The first kappa shape index (κ1) is 15.3. The lowest BCUT2D eigenvalue weighted by molar-refractivity contribution is 0.325. The molecule has 1 aliphatic rings. The lowest BCUT2D eigenvalue weighted by Gasteiger charge is -2.35. The molecule has 4 aromatic rings. The number of hydrogen-bond donors (Lipinski definition) is 2. The molecule has 0 unspecified atom stereocenters. The van der Waals surface area contributed by atoms with Crippen LogP contribution in [0.2, 0.25) is 0 Å². The van der Waals surface area contributed by atoms with Gasteiger partial charge in [0.15, 0.2) is 0 Å². The number of nitrogens with zero attached hydrogens (tertiary/aromatic N) is 6. The molecule has 3 heterocycles. The van der Waals surface area contributed by atoms with Crippen LogP contribution in [0.3, 0.4) is 0 Å². The molecule has 2 N–H and O–H groups in total. The van der Waals surface area contributed by atoms with Gasteiger partial charge in [-0.1, -0.05) is 11.3 Å². The van der Waals surface area contributed by atoms with Gasteiger partial charge in [0, 0.05) is 30.9 Å². The summed E-state index contributed by atoms with van der Waals surface area (Å²) in [5.41, 5.74) is 5.07. The van der Waals surface area contributed by atoms with Gasteiger partial charge in [-0.3, -0.25) is 0 Å². The maximum absolute atomic E-state index is 4.61. The third-order valence-electron chi connectivity index (χ3n) is 5.22. The van der Waals surface area contributed by atoms with Gasteiger partial charge in [0.05, 0.1) is 17.2 Å². The van der Waals surface area contributed by atoms with E-state index >= 15 is 0 Å². The summed E-state index contributed by atoms with van der Waals surface area (Å²) in [6.45, 7) is 0. The topological polar surface area (TPSA) is 85.0 Å². The van der Waals surface area contributed by atoms with Crippen LogP contribution in [0.25, 0.3) is 27.7 Å². The minimum Gasteiger partial charge on any atom is -0.350 e. The summed E-state index contributed by atoms with van der Waals surface area (Å²) in [5.74, 6) is 0.672. The highest BCUT2D eigenvalue weighted by molar-refractivity contribution is 5.87. The Balaban J connectivity index is 1.46. The summed E-state index contributed by atoms with van der Waals surface area (Å²) in [4.78, 5) is 4.51. The van der Waals surface area contributed by atoms with E-state index in [0.717, 1.165) is 40.5 Å². The zero-order valence-electron chi connectivity index (χ0n) is 14.7. The third kappa shape index (κ3) is 2.41. The first-order chi connectivity index (χ1) is 12.7. The van der Waals surface area contributed by atoms with E-state index in [0.29, 0.717) is 18.0 Å². The average Bonchev–Trinajstić information content (AvgIpc) is 3.21. The standard InChI is InChI=1S/C18H20N8/c1-19-12-8-13(9-12)21-18-20-10-17-14(5-6-26(17)23-18)11-3-4-15-16(7-11)25(2)24-22-15/h3-7,10,12-13,19H,8-9H2,1-2H3,(H,21,23)/t12-,13-. The maximum Gasteiger partial charge on any atom is 0.241 e. The van der Waals surface area contributed by atoms with Gasteiger partial charge < -0.3 is 10.6 Å². The molecule has 26 heavy (non-hydrogen) atoms. The van der Waals surface area contributed by atoms with Crippen LogP contribution in [-0.4, -0.2) is 48.7 Å². The summed E-state index contributed by atoms with van der Waals surface area (Å²) in [7, 11) is 3.90. The van der Waals surface area contributed by atoms with Crippen molar-refractivity contribution >= 4 is 22.5 Å². The van der Waals surface area contributed by atoms with Crippen molar-refractivity contribution in [2.24, 2.45) is 7.05 Å². The Hall–Kier alpha value is -3.00. The molecule has 0 saturated heterocycles. The molecule has 0 atom stereocenters. The van der Waals surface area contributed by atoms with Crippen LogP contribution in [0, 0.1) is 0 Å². The van der Waals surface area contributed by atoms with Gasteiger partial charge in [0.2, 0.25) is 5.95 Å². The van der Waals surface area contributed by atoms with Crippen LogP contribution in [0.15, 0.2) is 36.7 Å². The molecule has 5 rings (SSSR count). The molecule has 1 aromatic carbocycles. The average molecular weight is 348 g/mol. The highest BCUT2D eigenvalue weighted by Crippen LogP contribution is 2.28. The monoisotopic (exact) mass is 348 g/mol. The van der Waals surface area contributed by atoms with Gasteiger partial charge >= 0.3 is 0 Å². The molecular weight excluding hydrogens is 328 g/mol. The number of fused-ring (bicyclic) bond motifs is 2. The van der Waals surface area contributed by atoms with E-state index < -0.39 is 0 Å². The van der Waals surface area contributed by atoms with E-state index in [1.54, 1.807) is 4.68 Å². The number of anilines is 1. The molecule has 1 aliphatic carbocycles. The molecule has 0 bridgehead atoms. The van der Waals surface area contributed by atoms with Gasteiger partial charge in [-0.25, -0.2) is 14.2 Å². The van der Waals surface area contributed by atoms with Gasteiger partial charge in [-0.15, -0.1) is 10.2 Å². The first-order valence-electron chi connectivity index (χ1n) is 8.79. The molecule has 0 radical (unpaired) electrons. The normalized spacial score (nSPS) is 19.8. The molecule has 0 amide bonds. The predicted octanol–water partition coefficient (Wildman–Crippen LogP) is 1.84. The van der Waals surface area contributed by atoms with E-state index in [1.165, 1.54) is 0 Å². The van der Waals surface area contributed by atoms with Gasteiger partial charge in [-0.2, -0.15) is 0 Å². The van der Waals surface area contributed by atoms with Gasteiger partial charge in [-0.05, 0) is 43.7 Å². The SMILES string of the molecule is CN[C@H]1C[C@H](Nc2ncc3c(-c4ccc5nnn(C)c5c4)ccn3n2)C1. The van der Waals surface area contributed by atoms with Gasteiger partial charge in [0.1, 0.15) is 5.52 Å². The minimum absolute atomic E-state index is 0.444. The fourth-order valence-electron chi connectivity index (χ4n) is 3.56. The number of rotatable bonds is 4. The van der Waals surface area contributed by atoms with Crippen molar-refractivity contribution in [1.29, 1.82) is 0 Å². The number of nitrogens with one attached hydrogen (secondary N) is 2. The molecule has 0 aliphatic heterocycles. The van der Waals surface area contributed by atoms with Crippen molar-refractivity contribution in [3.05, 3.63) is 36.7 Å². The summed E-state index contributed by atoms with van der Waals surface area (Å²) >= 11 is 0. The predicted molar refractivity (Wildman–Crippen MR) is 100.0 cm³/mol. The zero-order valence-corrected chi connectivity index (χ0v) is 14.7. The molecule has 3 aromatic heterocycles. The second kappa shape index (κ2) is 5.77. The molecular formula is C18H20N8. The molecule has 8 heteroatoms. The van der Waals surface area contributed by atoms with Gasteiger partial charge in [0.25, 0.3) is 0 Å². The largest absolute Gasteiger partial charge is 0.350 e. The van der Waals surface area contributed by atoms with E-state index in [-0.39, 0.29) is 0 Å². The number of aryl methyl sites for hydroxylation is 1.